The van der Waals surface area contributed by atoms with Crippen molar-refractivity contribution in [3.63, 3.8) is 0 Å². The van der Waals surface area contributed by atoms with Crippen molar-refractivity contribution in [1.29, 1.82) is 0 Å². The average molecular weight is 372 g/mol. The van der Waals surface area contributed by atoms with E-state index in [2.05, 4.69) is 12.2 Å². The summed E-state index contributed by atoms with van der Waals surface area (Å²) in [5.41, 5.74) is -0.470. The Morgan fingerprint density at radius 1 is 1.04 bits per heavy atom. The number of carboxylic acids is 1. The highest BCUT2D eigenvalue weighted by atomic mass is 16.4. The van der Waals surface area contributed by atoms with Crippen LogP contribution >= 0.6 is 0 Å². The highest BCUT2D eigenvalue weighted by Crippen LogP contribution is 2.33. The van der Waals surface area contributed by atoms with E-state index in [-0.39, 0.29) is 17.7 Å². The predicted molar refractivity (Wildman–Crippen MR) is 101 cm³/mol. The Hall–Kier alpha value is -2.37. The molecule has 0 radical (unpaired) electrons. The summed E-state index contributed by atoms with van der Waals surface area (Å²) in [7, 11) is 0. The Morgan fingerprint density at radius 3 is 2.19 bits per heavy atom. The summed E-state index contributed by atoms with van der Waals surface area (Å²) in [5.74, 6) is -0.863. The number of aliphatic carboxylic acids is 1. The third kappa shape index (κ3) is 4.31. The second-order valence-electron chi connectivity index (χ2n) is 7.99. The Labute approximate surface area is 159 Å². The zero-order valence-corrected chi connectivity index (χ0v) is 15.8. The van der Waals surface area contributed by atoms with Gasteiger partial charge in [-0.15, -0.1) is 0 Å². The number of carbonyl (C=O) groups excluding carboxylic acids is 2. The molecule has 0 atom stereocenters. The molecule has 1 aliphatic carbocycles. The lowest BCUT2D eigenvalue weighted by molar-refractivity contribution is -0.150. The maximum absolute atomic E-state index is 12.7. The molecule has 1 saturated heterocycles. The van der Waals surface area contributed by atoms with Crippen LogP contribution in [-0.2, 0) is 9.59 Å². The molecule has 1 saturated carbocycles. The van der Waals surface area contributed by atoms with Gasteiger partial charge < -0.3 is 15.3 Å². The summed E-state index contributed by atoms with van der Waals surface area (Å²) in [6.07, 6.45) is 3.74. The van der Waals surface area contributed by atoms with Crippen LogP contribution < -0.4 is 5.32 Å². The first kappa shape index (κ1) is 19.4. The fourth-order valence-electron chi connectivity index (χ4n) is 4.09. The van der Waals surface area contributed by atoms with Crippen molar-refractivity contribution in [1.82, 2.24) is 10.2 Å². The number of benzene rings is 1. The largest absolute Gasteiger partial charge is 0.480 e. The van der Waals surface area contributed by atoms with Gasteiger partial charge >= 0.3 is 5.97 Å². The van der Waals surface area contributed by atoms with Gasteiger partial charge in [-0.1, -0.05) is 25.1 Å². The molecule has 2 fully saturated rings. The van der Waals surface area contributed by atoms with Crippen LogP contribution in [-0.4, -0.2) is 46.4 Å². The van der Waals surface area contributed by atoms with Crippen molar-refractivity contribution in [3.05, 3.63) is 35.9 Å². The highest BCUT2D eigenvalue weighted by Gasteiger charge is 2.43. The van der Waals surface area contributed by atoms with Crippen LogP contribution in [0.4, 0.5) is 0 Å². The van der Waals surface area contributed by atoms with Crippen LogP contribution in [0.15, 0.2) is 30.3 Å². The number of nitrogens with zero attached hydrogens (tertiary/aromatic N) is 1. The van der Waals surface area contributed by atoms with Crippen molar-refractivity contribution < 1.29 is 19.5 Å². The molecule has 2 amide bonds. The van der Waals surface area contributed by atoms with E-state index in [1.54, 1.807) is 17.0 Å². The van der Waals surface area contributed by atoms with E-state index in [4.69, 9.17) is 0 Å². The molecule has 0 spiro atoms. The molecule has 2 N–H and O–H groups in total. The minimum Gasteiger partial charge on any atom is -0.480 e. The number of carboxylic acid groups (broad SMARTS) is 1. The normalized spacial score (nSPS) is 26.4. The Kier molecular flexibility index (Phi) is 5.82. The van der Waals surface area contributed by atoms with Gasteiger partial charge in [-0.3, -0.25) is 9.59 Å². The highest BCUT2D eigenvalue weighted by molar-refractivity contribution is 5.94. The van der Waals surface area contributed by atoms with Gasteiger partial charge in [0.25, 0.3) is 5.91 Å². The lowest BCUT2D eigenvalue weighted by Crippen LogP contribution is -2.58. The van der Waals surface area contributed by atoms with Gasteiger partial charge in [-0.05, 0) is 56.6 Å². The van der Waals surface area contributed by atoms with Gasteiger partial charge in [-0.2, -0.15) is 0 Å². The molecular weight excluding hydrogens is 344 g/mol. The molecule has 1 heterocycles. The second kappa shape index (κ2) is 8.11. The number of amides is 2. The Morgan fingerprint density at radius 2 is 1.63 bits per heavy atom. The fraction of sp³-hybridized carbons (Fsp3) is 0.571. The van der Waals surface area contributed by atoms with Crippen LogP contribution in [0.3, 0.4) is 0 Å². The van der Waals surface area contributed by atoms with E-state index in [0.717, 1.165) is 12.8 Å². The number of carbonyl (C=O) groups is 3. The molecule has 27 heavy (non-hydrogen) atoms. The van der Waals surface area contributed by atoms with Crippen molar-refractivity contribution in [3.8, 4) is 0 Å². The molecule has 0 bridgehead atoms. The van der Waals surface area contributed by atoms with Crippen molar-refractivity contribution >= 4 is 17.8 Å². The minimum absolute atomic E-state index is 0.0160. The van der Waals surface area contributed by atoms with Gasteiger partial charge in [0.1, 0.15) is 5.54 Å². The number of hydrogen-bond acceptors (Lipinski definition) is 3. The second-order valence-corrected chi connectivity index (χ2v) is 7.99. The molecule has 1 aromatic carbocycles. The van der Waals surface area contributed by atoms with Crippen molar-refractivity contribution in [2.45, 2.75) is 51.0 Å². The number of likely N-dealkylation sites (tertiary alicyclic amines) is 1. The molecule has 0 aromatic heterocycles. The standard InChI is InChI=1S/C21H28N2O4/c1-15-7-11-21(12-8-15,20(26)27)22-18(24)16-9-13-23(14-10-16)19(25)17-5-3-2-4-6-17/h2-6,15-16H,7-14H2,1H3,(H,22,24)(H,26,27). The summed E-state index contributed by atoms with van der Waals surface area (Å²) in [5, 5.41) is 12.6. The zero-order chi connectivity index (χ0) is 19.4. The minimum atomic E-state index is -1.12. The van der Waals surface area contributed by atoms with Gasteiger partial charge in [-0.25, -0.2) is 4.79 Å². The third-order valence-electron chi connectivity index (χ3n) is 6.07. The maximum Gasteiger partial charge on any atom is 0.329 e. The molecular formula is C21H28N2O4. The lowest BCUT2D eigenvalue weighted by atomic mass is 9.76. The van der Waals surface area contributed by atoms with E-state index in [1.807, 2.05) is 18.2 Å². The Bertz CT molecular complexity index is 687. The van der Waals surface area contributed by atoms with Crippen molar-refractivity contribution in [2.24, 2.45) is 11.8 Å². The summed E-state index contributed by atoms with van der Waals surface area (Å²) >= 11 is 0. The van der Waals surface area contributed by atoms with E-state index in [9.17, 15) is 19.5 Å². The predicted octanol–water partition coefficient (Wildman–Crippen LogP) is 2.69. The summed E-state index contributed by atoms with van der Waals surface area (Å²) in [4.78, 5) is 38.8. The van der Waals surface area contributed by atoms with Crippen molar-refractivity contribution in [2.75, 3.05) is 13.1 Å². The first-order chi connectivity index (χ1) is 12.9. The SMILES string of the molecule is CC1CCC(NC(=O)C2CCN(C(=O)c3ccccc3)CC2)(C(=O)O)CC1. The van der Waals surface area contributed by atoms with Gasteiger partial charge in [0.2, 0.25) is 5.91 Å². The van der Waals surface area contributed by atoms with E-state index in [0.29, 0.717) is 50.3 Å². The number of hydrogen-bond donors (Lipinski definition) is 2. The van der Waals surface area contributed by atoms with Crippen LogP contribution in [0, 0.1) is 11.8 Å². The van der Waals surface area contributed by atoms with Gasteiger partial charge in [0.05, 0.1) is 0 Å². The van der Waals surface area contributed by atoms with Gasteiger partial charge in [0.15, 0.2) is 0 Å². The van der Waals surface area contributed by atoms with Crippen LogP contribution in [0.5, 0.6) is 0 Å². The quantitative estimate of drug-likeness (QED) is 0.851. The summed E-state index contributed by atoms with van der Waals surface area (Å²) in [6, 6.07) is 9.13. The van der Waals surface area contributed by atoms with Crippen LogP contribution in [0.1, 0.15) is 55.8 Å². The molecule has 0 unspecified atom stereocenters. The Balaban J connectivity index is 1.56. The van der Waals surface area contributed by atoms with E-state index >= 15 is 0 Å². The van der Waals surface area contributed by atoms with Crippen LogP contribution in [0.25, 0.3) is 0 Å². The third-order valence-corrected chi connectivity index (χ3v) is 6.07. The summed E-state index contributed by atoms with van der Waals surface area (Å²) in [6.45, 7) is 3.15. The molecule has 3 rings (SSSR count). The average Bonchev–Trinajstić information content (AvgIpc) is 2.70. The lowest BCUT2D eigenvalue weighted by Gasteiger charge is -2.38. The first-order valence-electron chi connectivity index (χ1n) is 9.81. The monoisotopic (exact) mass is 372 g/mol. The molecule has 6 nitrogen and oxygen atoms in total. The summed E-state index contributed by atoms with van der Waals surface area (Å²) < 4.78 is 0. The van der Waals surface area contributed by atoms with E-state index < -0.39 is 11.5 Å². The number of rotatable bonds is 4. The zero-order valence-electron chi connectivity index (χ0n) is 15.8. The molecule has 146 valence electrons. The smallest absolute Gasteiger partial charge is 0.329 e. The molecule has 1 aromatic rings. The molecule has 1 aliphatic heterocycles. The molecule has 2 aliphatic rings. The molecule has 6 heteroatoms. The van der Waals surface area contributed by atoms with Gasteiger partial charge in [0, 0.05) is 24.6 Å². The number of nitrogens with one attached hydrogen (secondary N) is 1. The topological polar surface area (TPSA) is 86.7 Å². The first-order valence-corrected chi connectivity index (χ1v) is 9.81. The van der Waals surface area contributed by atoms with Crippen LogP contribution in [0.2, 0.25) is 0 Å². The van der Waals surface area contributed by atoms with E-state index in [1.165, 1.54) is 0 Å². The number of piperidine rings is 1. The fourth-order valence-corrected chi connectivity index (χ4v) is 4.09. The maximum atomic E-state index is 12.7.